The van der Waals surface area contributed by atoms with Crippen molar-refractivity contribution in [3.63, 3.8) is 0 Å². The highest BCUT2D eigenvalue weighted by atomic mass is 19.1. The van der Waals surface area contributed by atoms with Gasteiger partial charge < -0.3 is 4.79 Å². The van der Waals surface area contributed by atoms with Crippen molar-refractivity contribution in [2.75, 3.05) is 0 Å². The Morgan fingerprint density at radius 1 is 1.20 bits per heavy atom. The highest BCUT2D eigenvalue weighted by Gasteiger charge is 1.98. The zero-order valence-electron chi connectivity index (χ0n) is 15.2. The van der Waals surface area contributed by atoms with E-state index in [1.807, 2.05) is 25.2 Å². The molecule has 1 nitrogen and oxygen atoms in total. The minimum atomic E-state index is -0.245. The second-order valence-electron chi connectivity index (χ2n) is 6.16. The fraction of sp³-hybridized carbons (Fsp3) is 0.348. The lowest BCUT2D eigenvalue weighted by Crippen LogP contribution is -1.95. The predicted octanol–water partition coefficient (Wildman–Crippen LogP) is 5.32. The molecule has 0 radical (unpaired) electrons. The lowest BCUT2D eigenvalue weighted by molar-refractivity contribution is -0.117. The molecule has 0 N–H and O–H groups in total. The van der Waals surface area contributed by atoms with Crippen LogP contribution in [0.25, 0.3) is 0 Å². The van der Waals surface area contributed by atoms with Crippen LogP contribution in [0.5, 0.6) is 0 Å². The lowest BCUT2D eigenvalue weighted by Gasteiger charge is -1.99. The van der Waals surface area contributed by atoms with E-state index in [9.17, 15) is 9.18 Å². The minimum absolute atomic E-state index is 0.212. The maximum atomic E-state index is 12.8. The molecule has 0 fully saturated rings. The van der Waals surface area contributed by atoms with Crippen molar-refractivity contribution in [3.8, 4) is 23.7 Å². The van der Waals surface area contributed by atoms with Gasteiger partial charge in [0.15, 0.2) is 0 Å². The minimum Gasteiger partial charge on any atom is -0.300 e. The van der Waals surface area contributed by atoms with E-state index in [4.69, 9.17) is 0 Å². The number of allylic oxidation sites excluding steroid dienone is 4. The Hall–Kier alpha value is -2.58. The zero-order chi connectivity index (χ0) is 18.5. The molecule has 0 saturated carbocycles. The van der Waals surface area contributed by atoms with Crippen LogP contribution in [0.3, 0.4) is 0 Å². The molecule has 2 atom stereocenters. The van der Waals surface area contributed by atoms with Gasteiger partial charge in [0.2, 0.25) is 0 Å². The van der Waals surface area contributed by atoms with Gasteiger partial charge in [-0.05, 0) is 49.6 Å². The number of rotatable bonds is 6. The fourth-order valence-electron chi connectivity index (χ4n) is 1.96. The highest BCUT2D eigenvalue weighted by molar-refractivity contribution is 5.75. The summed E-state index contributed by atoms with van der Waals surface area (Å²) in [6, 6.07) is 6.20. The molecule has 0 spiro atoms. The fourth-order valence-corrected chi connectivity index (χ4v) is 1.96. The van der Waals surface area contributed by atoms with E-state index in [2.05, 4.69) is 36.7 Å². The molecule has 0 bridgehead atoms. The monoisotopic (exact) mass is 336 g/mol. The van der Waals surface area contributed by atoms with Crippen molar-refractivity contribution < 1.29 is 9.18 Å². The van der Waals surface area contributed by atoms with Gasteiger partial charge >= 0.3 is 0 Å². The summed E-state index contributed by atoms with van der Waals surface area (Å²) in [5.74, 6) is 12.8. The van der Waals surface area contributed by atoms with Gasteiger partial charge in [-0.15, -0.1) is 0 Å². The average molecular weight is 336 g/mol. The van der Waals surface area contributed by atoms with Crippen LogP contribution in [0.1, 0.15) is 45.6 Å². The molecular weight excluding hydrogens is 311 g/mol. The number of hydrogen-bond donors (Lipinski definition) is 0. The van der Waals surface area contributed by atoms with Gasteiger partial charge in [-0.3, -0.25) is 0 Å². The van der Waals surface area contributed by atoms with Crippen LogP contribution < -0.4 is 0 Å². The summed E-state index contributed by atoms with van der Waals surface area (Å²) in [5.41, 5.74) is 0.826. The van der Waals surface area contributed by atoms with Gasteiger partial charge in [-0.2, -0.15) is 0 Å². The molecule has 2 heteroatoms. The number of halogens is 1. The smallest absolute Gasteiger partial charge is 0.129 e. The number of ketones is 1. The molecular formula is C23H25FO. The Labute approximate surface area is 151 Å². The average Bonchev–Trinajstić information content (AvgIpc) is 2.58. The molecule has 1 rings (SSSR count). The third kappa shape index (κ3) is 10.7. The standard InChI is InChI=1S/C23H25FO/c1-19(11-8-12-22-15-17-23(24)18-16-22)9-6-4-5-7-10-20(2)13-14-21(3)25/h4-6,9,15-20H,11,13-14H2,1-3H3/b5-4+,9-6+/t19-,20+/m0/s1. The van der Waals surface area contributed by atoms with Crippen LogP contribution >= 0.6 is 0 Å². The summed E-state index contributed by atoms with van der Waals surface area (Å²) in [6.07, 6.45) is 9.93. The Morgan fingerprint density at radius 3 is 2.60 bits per heavy atom. The number of benzene rings is 1. The summed E-state index contributed by atoms with van der Waals surface area (Å²) in [5, 5.41) is 0. The van der Waals surface area contributed by atoms with Crippen molar-refractivity contribution in [3.05, 3.63) is 60.0 Å². The molecule has 0 amide bonds. The Bertz CT molecular complexity index is 717. The predicted molar refractivity (Wildman–Crippen MR) is 102 cm³/mol. The summed E-state index contributed by atoms with van der Waals surface area (Å²) >= 11 is 0. The molecule has 25 heavy (non-hydrogen) atoms. The zero-order valence-corrected chi connectivity index (χ0v) is 15.2. The van der Waals surface area contributed by atoms with Gasteiger partial charge in [-0.1, -0.05) is 55.8 Å². The molecule has 1 aromatic rings. The largest absolute Gasteiger partial charge is 0.300 e. The first-order valence-electron chi connectivity index (χ1n) is 8.55. The lowest BCUT2D eigenvalue weighted by atomic mass is 10.0. The van der Waals surface area contributed by atoms with E-state index < -0.39 is 0 Å². The molecule has 0 aliphatic carbocycles. The maximum Gasteiger partial charge on any atom is 0.129 e. The Morgan fingerprint density at radius 2 is 1.92 bits per heavy atom. The normalized spacial score (nSPS) is 13.0. The number of carbonyl (C=O) groups excluding carboxylic acids is 1. The number of carbonyl (C=O) groups is 1. The van der Waals surface area contributed by atoms with Crippen LogP contribution in [0.4, 0.5) is 4.39 Å². The highest BCUT2D eigenvalue weighted by Crippen LogP contribution is 2.05. The van der Waals surface area contributed by atoms with E-state index in [0.717, 1.165) is 18.4 Å². The summed E-state index contributed by atoms with van der Waals surface area (Å²) in [7, 11) is 0. The second-order valence-corrected chi connectivity index (χ2v) is 6.16. The molecule has 0 aliphatic heterocycles. The molecule has 130 valence electrons. The van der Waals surface area contributed by atoms with E-state index >= 15 is 0 Å². The van der Waals surface area contributed by atoms with E-state index in [1.54, 1.807) is 19.1 Å². The third-order valence-corrected chi connectivity index (χ3v) is 3.49. The SMILES string of the molecule is CC(=O)CC[C@H](C)C#C/C=C/C=C/[C@H](C)CC#Cc1ccc(F)cc1. The van der Waals surface area contributed by atoms with E-state index in [-0.39, 0.29) is 17.5 Å². The third-order valence-electron chi connectivity index (χ3n) is 3.49. The van der Waals surface area contributed by atoms with Crippen molar-refractivity contribution in [1.82, 2.24) is 0 Å². The molecule has 1 aromatic carbocycles. The van der Waals surface area contributed by atoms with Gasteiger partial charge in [0.25, 0.3) is 0 Å². The van der Waals surface area contributed by atoms with Gasteiger partial charge in [-0.25, -0.2) is 4.39 Å². The first kappa shape index (κ1) is 20.5. The first-order valence-corrected chi connectivity index (χ1v) is 8.55. The quantitative estimate of drug-likeness (QED) is 0.507. The van der Waals surface area contributed by atoms with Crippen LogP contribution in [0, 0.1) is 41.3 Å². The van der Waals surface area contributed by atoms with E-state index in [0.29, 0.717) is 12.3 Å². The first-order chi connectivity index (χ1) is 12.0. The summed E-state index contributed by atoms with van der Waals surface area (Å²) in [4.78, 5) is 10.9. The molecule has 0 saturated heterocycles. The molecule has 0 unspecified atom stereocenters. The number of Topliss-reactive ketones (excluding diaryl/α,β-unsaturated/α-hetero) is 1. The Balaban J connectivity index is 2.34. The van der Waals surface area contributed by atoms with Gasteiger partial charge in [0.1, 0.15) is 11.6 Å². The molecule has 0 heterocycles. The molecule has 0 aromatic heterocycles. The van der Waals surface area contributed by atoms with E-state index in [1.165, 1.54) is 12.1 Å². The summed E-state index contributed by atoms with van der Waals surface area (Å²) < 4.78 is 12.8. The van der Waals surface area contributed by atoms with Crippen molar-refractivity contribution in [2.24, 2.45) is 11.8 Å². The van der Waals surface area contributed by atoms with Gasteiger partial charge in [0, 0.05) is 24.3 Å². The number of hydrogen-bond acceptors (Lipinski definition) is 1. The summed E-state index contributed by atoms with van der Waals surface area (Å²) in [6.45, 7) is 5.73. The second kappa shape index (κ2) is 11.9. The Kier molecular flexibility index (Phi) is 9.72. The van der Waals surface area contributed by atoms with Crippen LogP contribution in [-0.2, 0) is 4.79 Å². The van der Waals surface area contributed by atoms with Crippen molar-refractivity contribution in [1.29, 1.82) is 0 Å². The van der Waals surface area contributed by atoms with Crippen LogP contribution in [0.2, 0.25) is 0 Å². The molecule has 0 aliphatic rings. The van der Waals surface area contributed by atoms with Crippen LogP contribution in [0.15, 0.2) is 48.6 Å². The topological polar surface area (TPSA) is 17.1 Å². The van der Waals surface area contributed by atoms with Crippen molar-refractivity contribution >= 4 is 5.78 Å². The van der Waals surface area contributed by atoms with Crippen LogP contribution in [-0.4, -0.2) is 5.78 Å². The maximum absolute atomic E-state index is 12.8. The van der Waals surface area contributed by atoms with Crippen molar-refractivity contribution in [2.45, 2.75) is 40.0 Å². The van der Waals surface area contributed by atoms with Gasteiger partial charge in [0.05, 0.1) is 0 Å².